The van der Waals surface area contributed by atoms with Crippen molar-refractivity contribution in [2.45, 2.75) is 25.6 Å². The second kappa shape index (κ2) is 6.09. The van der Waals surface area contributed by atoms with Crippen molar-refractivity contribution in [1.82, 2.24) is 24.9 Å². The van der Waals surface area contributed by atoms with E-state index in [2.05, 4.69) is 27.8 Å². The average Bonchev–Trinajstić information content (AvgIpc) is 3.28. The minimum Gasteiger partial charge on any atom is -0.377 e. The monoisotopic (exact) mass is 325 g/mol. The van der Waals surface area contributed by atoms with E-state index >= 15 is 0 Å². The number of hydrogen-bond acceptors (Lipinski definition) is 4. The van der Waals surface area contributed by atoms with E-state index < -0.39 is 0 Å². The van der Waals surface area contributed by atoms with Gasteiger partial charge in [0.05, 0.1) is 31.5 Å². The van der Waals surface area contributed by atoms with Crippen molar-refractivity contribution in [1.29, 1.82) is 0 Å². The van der Waals surface area contributed by atoms with Crippen molar-refractivity contribution in [2.24, 2.45) is 0 Å². The van der Waals surface area contributed by atoms with Gasteiger partial charge in [0.2, 0.25) is 5.91 Å². The van der Waals surface area contributed by atoms with E-state index in [0.29, 0.717) is 19.8 Å². The number of nitrogens with zero attached hydrogens (tertiary/aromatic N) is 4. The van der Waals surface area contributed by atoms with Gasteiger partial charge in [-0.25, -0.2) is 4.68 Å². The summed E-state index contributed by atoms with van der Waals surface area (Å²) in [7, 11) is 0. The maximum atomic E-state index is 12.5. The zero-order valence-electron chi connectivity index (χ0n) is 13.4. The molecule has 0 unspecified atom stereocenters. The molecule has 0 spiro atoms. The number of ether oxygens (including phenoxy) is 1. The number of fused-ring (bicyclic) bond motifs is 1. The van der Waals surface area contributed by atoms with Crippen LogP contribution in [0.15, 0.2) is 42.7 Å². The van der Waals surface area contributed by atoms with Crippen LogP contribution in [0.3, 0.4) is 0 Å². The van der Waals surface area contributed by atoms with Gasteiger partial charge in [0.25, 0.3) is 0 Å². The molecule has 0 aliphatic carbocycles. The first-order valence-electron chi connectivity index (χ1n) is 8.00. The second-order valence-electron chi connectivity index (χ2n) is 6.09. The van der Waals surface area contributed by atoms with E-state index in [0.717, 1.165) is 16.6 Å². The summed E-state index contributed by atoms with van der Waals surface area (Å²) >= 11 is 0. The van der Waals surface area contributed by atoms with Crippen molar-refractivity contribution in [3.63, 3.8) is 0 Å². The van der Waals surface area contributed by atoms with Gasteiger partial charge >= 0.3 is 0 Å². The first-order valence-corrected chi connectivity index (χ1v) is 8.00. The second-order valence-corrected chi connectivity index (χ2v) is 6.09. The Morgan fingerprint density at radius 2 is 2.25 bits per heavy atom. The van der Waals surface area contributed by atoms with Crippen molar-refractivity contribution in [2.75, 3.05) is 13.2 Å². The third-order valence-electron chi connectivity index (χ3n) is 4.50. The summed E-state index contributed by atoms with van der Waals surface area (Å²) in [6, 6.07) is 10.1. The molecule has 7 nitrogen and oxygen atoms in total. The smallest absolute Gasteiger partial charge is 0.240 e. The van der Waals surface area contributed by atoms with Crippen LogP contribution in [0.25, 0.3) is 10.9 Å². The van der Waals surface area contributed by atoms with E-state index in [1.807, 2.05) is 29.7 Å². The summed E-state index contributed by atoms with van der Waals surface area (Å²) in [5.41, 5.74) is 2.14. The van der Waals surface area contributed by atoms with Crippen LogP contribution in [0.1, 0.15) is 11.7 Å². The Kier molecular flexibility index (Phi) is 3.78. The van der Waals surface area contributed by atoms with Gasteiger partial charge in [-0.05, 0) is 24.4 Å². The summed E-state index contributed by atoms with van der Waals surface area (Å²) < 4.78 is 9.29. The number of hydrogen-bond donors (Lipinski definition) is 1. The molecule has 4 rings (SSSR count). The highest BCUT2D eigenvalue weighted by Crippen LogP contribution is 2.20. The lowest BCUT2D eigenvalue weighted by molar-refractivity contribution is -0.122. The van der Waals surface area contributed by atoms with E-state index in [1.54, 1.807) is 17.1 Å². The number of nitrogens with one attached hydrogen (secondary N) is 1. The maximum absolute atomic E-state index is 12.5. The number of aromatic nitrogens is 4. The molecule has 0 bridgehead atoms. The van der Waals surface area contributed by atoms with Crippen LogP contribution < -0.4 is 5.32 Å². The molecule has 3 aromatic rings. The molecule has 7 heteroatoms. The lowest BCUT2D eigenvalue weighted by Crippen LogP contribution is -2.42. The molecular formula is C17H19N5O2. The minimum absolute atomic E-state index is 0.0149. The molecule has 1 aliphatic heterocycles. The van der Waals surface area contributed by atoms with E-state index in [4.69, 9.17) is 4.74 Å². The SMILES string of the molecule is Cc1cc2ccccc2n1CC(=O)N[C@H]1COC[C@H]1n1ccnn1. The molecule has 2 aromatic heterocycles. The molecular weight excluding hydrogens is 306 g/mol. The molecule has 3 heterocycles. The number of para-hydroxylation sites is 1. The van der Waals surface area contributed by atoms with Crippen LogP contribution in [0.4, 0.5) is 0 Å². The third-order valence-corrected chi connectivity index (χ3v) is 4.50. The Bertz CT molecular complexity index is 855. The van der Waals surface area contributed by atoms with Gasteiger partial charge in [-0.1, -0.05) is 23.4 Å². The number of benzene rings is 1. The van der Waals surface area contributed by atoms with Crippen LogP contribution in [-0.2, 0) is 16.1 Å². The van der Waals surface area contributed by atoms with Crippen LogP contribution in [0.2, 0.25) is 0 Å². The zero-order chi connectivity index (χ0) is 16.5. The highest BCUT2D eigenvalue weighted by Gasteiger charge is 2.31. The van der Waals surface area contributed by atoms with Crippen molar-refractivity contribution in [3.8, 4) is 0 Å². The van der Waals surface area contributed by atoms with Gasteiger partial charge in [-0.15, -0.1) is 5.10 Å². The Morgan fingerprint density at radius 3 is 3.08 bits per heavy atom. The standard InChI is InChI=1S/C17H19N5O2/c1-12-8-13-4-2-3-5-15(13)21(12)9-17(23)19-14-10-24-11-16(14)22-7-6-18-20-22/h2-8,14,16H,9-11H2,1H3,(H,19,23)/t14-,16+/m0/s1. The highest BCUT2D eigenvalue weighted by molar-refractivity contribution is 5.84. The number of aryl methyl sites for hydroxylation is 1. The molecule has 1 amide bonds. The minimum atomic E-state index is -0.0960. The molecule has 0 saturated carbocycles. The number of carbonyl (C=O) groups excluding carboxylic acids is 1. The van der Waals surface area contributed by atoms with Gasteiger partial charge in [0.15, 0.2) is 0 Å². The van der Waals surface area contributed by atoms with Gasteiger partial charge in [0.1, 0.15) is 6.54 Å². The Hall–Kier alpha value is -2.67. The predicted molar refractivity (Wildman–Crippen MR) is 88.5 cm³/mol. The molecule has 2 atom stereocenters. The normalized spacial score (nSPS) is 20.5. The Morgan fingerprint density at radius 1 is 1.38 bits per heavy atom. The third kappa shape index (κ3) is 2.67. The topological polar surface area (TPSA) is 74.0 Å². The first kappa shape index (κ1) is 14.9. The Labute approximate surface area is 139 Å². The summed E-state index contributed by atoms with van der Waals surface area (Å²) in [6.45, 7) is 3.32. The van der Waals surface area contributed by atoms with E-state index in [-0.39, 0.29) is 18.0 Å². The Balaban J connectivity index is 1.49. The maximum Gasteiger partial charge on any atom is 0.240 e. The van der Waals surface area contributed by atoms with Crippen molar-refractivity contribution >= 4 is 16.8 Å². The fraction of sp³-hybridized carbons (Fsp3) is 0.353. The first-order chi connectivity index (χ1) is 11.7. The van der Waals surface area contributed by atoms with E-state index in [9.17, 15) is 4.79 Å². The van der Waals surface area contributed by atoms with Gasteiger partial charge in [0, 0.05) is 17.4 Å². The summed E-state index contributed by atoms with van der Waals surface area (Å²) in [4.78, 5) is 12.5. The van der Waals surface area contributed by atoms with Gasteiger partial charge in [-0.2, -0.15) is 0 Å². The lowest BCUT2D eigenvalue weighted by Gasteiger charge is -2.19. The zero-order valence-corrected chi connectivity index (χ0v) is 13.4. The highest BCUT2D eigenvalue weighted by atomic mass is 16.5. The van der Waals surface area contributed by atoms with Crippen LogP contribution in [0, 0.1) is 6.92 Å². The predicted octanol–water partition coefficient (Wildman–Crippen LogP) is 1.30. The summed E-state index contributed by atoms with van der Waals surface area (Å²) in [5, 5.41) is 12.1. The van der Waals surface area contributed by atoms with Gasteiger partial charge < -0.3 is 14.6 Å². The van der Waals surface area contributed by atoms with Gasteiger partial charge in [-0.3, -0.25) is 4.79 Å². The largest absolute Gasteiger partial charge is 0.377 e. The molecule has 1 aliphatic rings. The fourth-order valence-corrected chi connectivity index (χ4v) is 3.29. The van der Waals surface area contributed by atoms with E-state index in [1.165, 1.54) is 0 Å². The molecule has 0 radical (unpaired) electrons. The quantitative estimate of drug-likeness (QED) is 0.784. The molecule has 1 N–H and O–H groups in total. The number of amides is 1. The number of carbonyl (C=O) groups is 1. The molecule has 1 aromatic carbocycles. The van der Waals surface area contributed by atoms with Crippen LogP contribution >= 0.6 is 0 Å². The van der Waals surface area contributed by atoms with Crippen LogP contribution in [-0.4, -0.2) is 44.7 Å². The molecule has 1 saturated heterocycles. The van der Waals surface area contributed by atoms with Crippen molar-refractivity contribution in [3.05, 3.63) is 48.4 Å². The molecule has 124 valence electrons. The van der Waals surface area contributed by atoms with Crippen LogP contribution in [0.5, 0.6) is 0 Å². The van der Waals surface area contributed by atoms with Crippen molar-refractivity contribution < 1.29 is 9.53 Å². The molecule has 1 fully saturated rings. The summed E-state index contributed by atoms with van der Waals surface area (Å²) in [6.07, 6.45) is 3.43. The number of rotatable bonds is 4. The molecule has 24 heavy (non-hydrogen) atoms. The average molecular weight is 325 g/mol. The lowest BCUT2D eigenvalue weighted by atomic mass is 10.2. The fourth-order valence-electron chi connectivity index (χ4n) is 3.29. The summed E-state index contributed by atoms with van der Waals surface area (Å²) in [5.74, 6) is -0.0277.